The Morgan fingerprint density at radius 3 is 2.85 bits per heavy atom. The van der Waals surface area contributed by atoms with Gasteiger partial charge in [-0.05, 0) is 51.1 Å². The van der Waals surface area contributed by atoms with Crippen molar-refractivity contribution in [3.63, 3.8) is 0 Å². The fourth-order valence-electron chi connectivity index (χ4n) is 3.88. The topological polar surface area (TPSA) is 69.8 Å². The van der Waals surface area contributed by atoms with Crippen LogP contribution in [0.2, 0.25) is 0 Å². The average Bonchev–Trinajstić information content (AvgIpc) is 3.13. The van der Waals surface area contributed by atoms with E-state index in [0.29, 0.717) is 11.6 Å². The highest BCUT2D eigenvalue weighted by Crippen LogP contribution is 2.31. The zero-order valence-electron chi connectivity index (χ0n) is 15.8. The summed E-state index contributed by atoms with van der Waals surface area (Å²) in [6.07, 6.45) is 3.99. The number of hydrogen-bond acceptors (Lipinski definition) is 5. The summed E-state index contributed by atoms with van der Waals surface area (Å²) in [5.41, 5.74) is 3.62. The van der Waals surface area contributed by atoms with Crippen LogP contribution in [-0.2, 0) is 0 Å². The van der Waals surface area contributed by atoms with Crippen LogP contribution in [-0.4, -0.2) is 40.7 Å². The second kappa shape index (κ2) is 7.37. The first-order chi connectivity index (χ1) is 13.2. The lowest BCUT2D eigenvalue weighted by Crippen LogP contribution is -2.45. The monoisotopic (exact) mass is 360 g/mol. The number of nitrogens with one attached hydrogen (secondary N) is 1. The van der Waals surface area contributed by atoms with E-state index in [2.05, 4.69) is 51.0 Å². The Bertz CT molecular complexity index is 968. The minimum atomic E-state index is 0.0232. The maximum atomic E-state index is 9.04. The molecule has 138 valence electrons. The lowest BCUT2D eigenvalue weighted by molar-refractivity contribution is 0.440. The van der Waals surface area contributed by atoms with E-state index in [4.69, 9.17) is 10.2 Å². The molecule has 3 heterocycles. The molecule has 0 radical (unpaired) electrons. The Morgan fingerprint density at radius 2 is 2.11 bits per heavy atom. The van der Waals surface area contributed by atoms with Crippen molar-refractivity contribution in [1.82, 2.24) is 19.9 Å². The van der Waals surface area contributed by atoms with Crippen LogP contribution in [0.5, 0.6) is 0 Å². The molecule has 4 rings (SSSR count). The number of piperidine rings is 1. The molecule has 2 aromatic heterocycles. The predicted octanol–water partition coefficient (Wildman–Crippen LogP) is 3.10. The summed E-state index contributed by atoms with van der Waals surface area (Å²) in [6, 6.07) is 14.7. The van der Waals surface area contributed by atoms with Crippen molar-refractivity contribution >= 4 is 17.0 Å². The summed E-state index contributed by atoms with van der Waals surface area (Å²) in [4.78, 5) is 11.9. The van der Waals surface area contributed by atoms with Gasteiger partial charge >= 0.3 is 0 Å². The number of hydrogen-bond donors (Lipinski definition) is 1. The van der Waals surface area contributed by atoms with Crippen LogP contribution in [0.15, 0.2) is 42.6 Å². The van der Waals surface area contributed by atoms with Crippen molar-refractivity contribution in [2.24, 2.45) is 0 Å². The number of aromatic nitrogens is 3. The predicted molar refractivity (Wildman–Crippen MR) is 107 cm³/mol. The second-order valence-electron chi connectivity index (χ2n) is 7.10. The molecule has 0 bridgehead atoms. The lowest BCUT2D eigenvalue weighted by atomic mass is 10.1. The van der Waals surface area contributed by atoms with E-state index >= 15 is 0 Å². The standard InChI is InChI=1S/C21H24N6/c1-15(18-10-9-16(12-22)13-24-18)27-20-8-4-3-7-19(20)25-21(27)26-11-5-6-17(14-26)23-2/h3-4,7-10,13,15,17,23H,5-6,11,14H2,1-2H3/t15?,17-/m0/s1. The molecule has 1 aliphatic rings. The van der Waals surface area contributed by atoms with Crippen LogP contribution in [0.25, 0.3) is 11.0 Å². The normalized spacial score (nSPS) is 18.4. The second-order valence-corrected chi connectivity index (χ2v) is 7.10. The summed E-state index contributed by atoms with van der Waals surface area (Å²) in [5.74, 6) is 0.995. The molecular weight excluding hydrogens is 336 g/mol. The number of nitrogens with zero attached hydrogens (tertiary/aromatic N) is 5. The van der Waals surface area contributed by atoms with Gasteiger partial charge < -0.3 is 14.8 Å². The summed E-state index contributed by atoms with van der Waals surface area (Å²) >= 11 is 0. The molecule has 0 aliphatic carbocycles. The first-order valence-electron chi connectivity index (χ1n) is 9.46. The van der Waals surface area contributed by atoms with E-state index in [1.165, 1.54) is 6.42 Å². The van der Waals surface area contributed by atoms with Gasteiger partial charge in [-0.3, -0.25) is 4.98 Å². The van der Waals surface area contributed by atoms with Crippen LogP contribution in [0.1, 0.15) is 37.1 Å². The molecule has 1 aromatic carbocycles. The Balaban J connectivity index is 1.79. The first kappa shape index (κ1) is 17.5. The Kier molecular flexibility index (Phi) is 4.78. The van der Waals surface area contributed by atoms with Gasteiger partial charge in [0.15, 0.2) is 0 Å². The van der Waals surface area contributed by atoms with Crippen molar-refractivity contribution in [3.8, 4) is 6.07 Å². The smallest absolute Gasteiger partial charge is 0.207 e. The quantitative estimate of drug-likeness (QED) is 0.774. The van der Waals surface area contributed by atoms with Gasteiger partial charge in [-0.25, -0.2) is 4.98 Å². The number of nitriles is 1. The highest BCUT2D eigenvalue weighted by atomic mass is 15.3. The zero-order chi connectivity index (χ0) is 18.8. The molecule has 0 amide bonds. The van der Waals surface area contributed by atoms with Gasteiger partial charge in [-0.1, -0.05) is 12.1 Å². The van der Waals surface area contributed by atoms with E-state index in [1.807, 2.05) is 25.2 Å². The largest absolute Gasteiger partial charge is 0.341 e. The van der Waals surface area contributed by atoms with E-state index in [0.717, 1.165) is 42.2 Å². The molecule has 3 aromatic rings. The van der Waals surface area contributed by atoms with E-state index in [-0.39, 0.29) is 6.04 Å². The van der Waals surface area contributed by atoms with Gasteiger partial charge in [-0.2, -0.15) is 5.26 Å². The number of benzene rings is 1. The molecule has 1 unspecified atom stereocenters. The minimum Gasteiger partial charge on any atom is -0.341 e. The van der Waals surface area contributed by atoms with E-state index < -0.39 is 0 Å². The number of likely N-dealkylation sites (N-methyl/N-ethyl adjacent to an activating group) is 1. The van der Waals surface area contributed by atoms with Crippen molar-refractivity contribution in [2.45, 2.75) is 31.8 Å². The third kappa shape index (κ3) is 3.26. The molecular formula is C21H24N6. The van der Waals surface area contributed by atoms with Gasteiger partial charge in [0.05, 0.1) is 28.3 Å². The number of para-hydroxylation sites is 2. The number of pyridine rings is 1. The average molecular weight is 360 g/mol. The maximum absolute atomic E-state index is 9.04. The number of imidazole rings is 1. The van der Waals surface area contributed by atoms with Crippen LogP contribution < -0.4 is 10.2 Å². The summed E-state index contributed by atoms with van der Waals surface area (Å²) in [7, 11) is 2.03. The molecule has 6 heteroatoms. The Hall–Kier alpha value is -2.91. The molecule has 0 saturated carbocycles. The number of rotatable bonds is 4. The number of fused-ring (bicyclic) bond motifs is 1. The van der Waals surface area contributed by atoms with Gasteiger partial charge in [-0.15, -0.1) is 0 Å². The zero-order valence-corrected chi connectivity index (χ0v) is 15.8. The van der Waals surface area contributed by atoms with Crippen LogP contribution >= 0.6 is 0 Å². The highest BCUT2D eigenvalue weighted by molar-refractivity contribution is 5.79. The molecule has 1 saturated heterocycles. The molecule has 1 N–H and O–H groups in total. The summed E-state index contributed by atoms with van der Waals surface area (Å²) in [6.45, 7) is 4.11. The van der Waals surface area contributed by atoms with E-state index in [9.17, 15) is 0 Å². The van der Waals surface area contributed by atoms with Crippen molar-refractivity contribution in [1.29, 1.82) is 5.26 Å². The lowest BCUT2D eigenvalue weighted by Gasteiger charge is -2.34. The third-order valence-corrected chi connectivity index (χ3v) is 5.42. The third-order valence-electron chi connectivity index (χ3n) is 5.42. The van der Waals surface area contributed by atoms with Gasteiger partial charge in [0.1, 0.15) is 6.07 Å². The van der Waals surface area contributed by atoms with Crippen LogP contribution in [0, 0.1) is 11.3 Å². The van der Waals surface area contributed by atoms with Crippen molar-refractivity contribution < 1.29 is 0 Å². The minimum absolute atomic E-state index is 0.0232. The molecule has 0 spiro atoms. The SMILES string of the molecule is CN[C@H]1CCCN(c2nc3ccccc3n2C(C)c2ccc(C#N)cn2)C1. The fraction of sp³-hybridized carbons (Fsp3) is 0.381. The molecule has 2 atom stereocenters. The summed E-state index contributed by atoms with van der Waals surface area (Å²) < 4.78 is 2.28. The van der Waals surface area contributed by atoms with Gasteiger partial charge in [0, 0.05) is 25.3 Å². The first-order valence-corrected chi connectivity index (χ1v) is 9.46. The van der Waals surface area contributed by atoms with E-state index in [1.54, 1.807) is 6.20 Å². The van der Waals surface area contributed by atoms with Gasteiger partial charge in [0.25, 0.3) is 0 Å². The van der Waals surface area contributed by atoms with Crippen molar-refractivity contribution in [3.05, 3.63) is 53.9 Å². The fourth-order valence-corrected chi connectivity index (χ4v) is 3.88. The van der Waals surface area contributed by atoms with Gasteiger partial charge in [0.2, 0.25) is 5.95 Å². The summed E-state index contributed by atoms with van der Waals surface area (Å²) in [5, 5.41) is 12.4. The Labute approximate surface area is 159 Å². The Morgan fingerprint density at radius 1 is 1.26 bits per heavy atom. The number of anilines is 1. The van der Waals surface area contributed by atoms with Crippen LogP contribution in [0.4, 0.5) is 5.95 Å². The van der Waals surface area contributed by atoms with Crippen molar-refractivity contribution in [2.75, 3.05) is 25.0 Å². The molecule has 6 nitrogen and oxygen atoms in total. The highest BCUT2D eigenvalue weighted by Gasteiger charge is 2.26. The molecule has 27 heavy (non-hydrogen) atoms. The maximum Gasteiger partial charge on any atom is 0.207 e. The molecule has 1 aliphatic heterocycles. The molecule has 1 fully saturated rings. The van der Waals surface area contributed by atoms with Crippen LogP contribution in [0.3, 0.4) is 0 Å².